The maximum absolute atomic E-state index is 11.9. The van der Waals surface area contributed by atoms with E-state index in [1.54, 1.807) is 31.0 Å². The Labute approximate surface area is 116 Å². The number of nitrogens with zero attached hydrogens (tertiary/aromatic N) is 2. The fourth-order valence-electron chi connectivity index (χ4n) is 2.06. The lowest BCUT2D eigenvalue weighted by molar-refractivity contribution is 0.0951. The summed E-state index contributed by atoms with van der Waals surface area (Å²) >= 11 is 0. The number of nitrogens with one attached hydrogen (secondary N) is 2. The molecule has 5 nitrogen and oxygen atoms in total. The molecule has 0 spiro atoms. The van der Waals surface area contributed by atoms with Gasteiger partial charge in [-0.25, -0.2) is 4.98 Å². The highest BCUT2D eigenvalue weighted by molar-refractivity contribution is 5.93. The van der Waals surface area contributed by atoms with Crippen molar-refractivity contribution in [2.75, 3.05) is 0 Å². The van der Waals surface area contributed by atoms with Gasteiger partial charge in [-0.2, -0.15) is 0 Å². The minimum atomic E-state index is -0.0910. The monoisotopic (exact) mass is 266 g/mol. The smallest absolute Gasteiger partial charge is 0.253 e. The fourth-order valence-corrected chi connectivity index (χ4v) is 2.06. The molecular weight excluding hydrogens is 252 g/mol. The zero-order chi connectivity index (χ0) is 13.8. The van der Waals surface area contributed by atoms with Crippen molar-refractivity contribution in [3.05, 3.63) is 72.6 Å². The number of benzene rings is 1. The number of hydrogen-bond donors (Lipinski definition) is 2. The van der Waals surface area contributed by atoms with E-state index in [0.717, 1.165) is 11.3 Å². The number of imidazole rings is 1. The van der Waals surface area contributed by atoms with Crippen molar-refractivity contribution in [2.45, 2.75) is 6.54 Å². The summed E-state index contributed by atoms with van der Waals surface area (Å²) in [5.74, 6) is -0.0910. The molecule has 5 heteroatoms. The Kier molecular flexibility index (Phi) is 3.33. The molecule has 2 aromatic heterocycles. The van der Waals surface area contributed by atoms with Gasteiger partial charge in [0.2, 0.25) is 0 Å². The van der Waals surface area contributed by atoms with Crippen molar-refractivity contribution in [3.63, 3.8) is 0 Å². The third-order valence-electron chi connectivity index (χ3n) is 3.07. The normalized spacial score (nSPS) is 10.4. The second-order valence-electron chi connectivity index (χ2n) is 4.38. The van der Waals surface area contributed by atoms with Crippen LogP contribution in [0.1, 0.15) is 15.9 Å². The number of rotatable bonds is 4. The van der Waals surface area contributed by atoms with Crippen molar-refractivity contribution in [3.8, 4) is 5.69 Å². The van der Waals surface area contributed by atoms with E-state index in [-0.39, 0.29) is 5.91 Å². The van der Waals surface area contributed by atoms with E-state index in [1.165, 1.54) is 0 Å². The maximum atomic E-state index is 11.9. The molecule has 0 aliphatic heterocycles. The summed E-state index contributed by atoms with van der Waals surface area (Å²) in [5.41, 5.74) is 2.68. The minimum absolute atomic E-state index is 0.0910. The van der Waals surface area contributed by atoms with Gasteiger partial charge in [0.15, 0.2) is 0 Å². The molecule has 0 atom stereocenters. The first-order valence-corrected chi connectivity index (χ1v) is 6.32. The van der Waals surface area contributed by atoms with Crippen LogP contribution in [0.4, 0.5) is 0 Å². The molecule has 0 bridgehead atoms. The van der Waals surface area contributed by atoms with Crippen LogP contribution in [0, 0.1) is 0 Å². The van der Waals surface area contributed by atoms with E-state index in [9.17, 15) is 4.79 Å². The molecule has 100 valence electrons. The number of aromatic nitrogens is 3. The lowest BCUT2D eigenvalue weighted by Gasteiger charge is -2.10. The van der Waals surface area contributed by atoms with Gasteiger partial charge < -0.3 is 14.9 Å². The first-order valence-electron chi connectivity index (χ1n) is 6.32. The first kappa shape index (κ1) is 12.2. The van der Waals surface area contributed by atoms with Gasteiger partial charge >= 0.3 is 0 Å². The lowest BCUT2D eigenvalue weighted by atomic mass is 10.1. The molecule has 0 saturated carbocycles. The van der Waals surface area contributed by atoms with Crippen molar-refractivity contribution in [1.82, 2.24) is 19.9 Å². The predicted molar refractivity (Wildman–Crippen MR) is 75.5 cm³/mol. The van der Waals surface area contributed by atoms with Crippen LogP contribution in [0.3, 0.4) is 0 Å². The van der Waals surface area contributed by atoms with Gasteiger partial charge in [0.05, 0.1) is 17.6 Å². The van der Waals surface area contributed by atoms with Crippen LogP contribution < -0.4 is 5.32 Å². The highest BCUT2D eigenvalue weighted by Gasteiger charge is 2.08. The van der Waals surface area contributed by atoms with Crippen molar-refractivity contribution >= 4 is 5.91 Å². The molecule has 1 aromatic carbocycles. The second kappa shape index (κ2) is 5.44. The summed E-state index contributed by atoms with van der Waals surface area (Å²) < 4.78 is 1.93. The van der Waals surface area contributed by atoms with E-state index in [4.69, 9.17) is 0 Å². The quantitative estimate of drug-likeness (QED) is 0.760. The van der Waals surface area contributed by atoms with Gasteiger partial charge in [-0.1, -0.05) is 18.2 Å². The molecule has 3 rings (SSSR count). The lowest BCUT2D eigenvalue weighted by Crippen LogP contribution is -2.23. The minimum Gasteiger partial charge on any atom is -0.367 e. The number of amides is 1. The maximum Gasteiger partial charge on any atom is 0.253 e. The number of carbonyl (C=O) groups is 1. The molecule has 2 N–H and O–H groups in total. The van der Waals surface area contributed by atoms with Gasteiger partial charge in [0, 0.05) is 31.3 Å². The van der Waals surface area contributed by atoms with Gasteiger partial charge in [-0.15, -0.1) is 0 Å². The highest BCUT2D eigenvalue weighted by Crippen LogP contribution is 2.14. The highest BCUT2D eigenvalue weighted by atomic mass is 16.1. The molecule has 1 amide bonds. The number of aromatic amines is 1. The van der Waals surface area contributed by atoms with Crippen LogP contribution in [-0.2, 0) is 6.54 Å². The zero-order valence-electron chi connectivity index (χ0n) is 10.8. The van der Waals surface area contributed by atoms with Crippen molar-refractivity contribution in [2.24, 2.45) is 0 Å². The molecular formula is C15H14N4O. The Bertz CT molecular complexity index is 687. The van der Waals surface area contributed by atoms with E-state index < -0.39 is 0 Å². The van der Waals surface area contributed by atoms with E-state index in [1.807, 2.05) is 35.0 Å². The number of hydrogen-bond acceptors (Lipinski definition) is 2. The first-order chi connectivity index (χ1) is 9.84. The molecule has 3 aromatic rings. The summed E-state index contributed by atoms with van der Waals surface area (Å²) in [7, 11) is 0. The molecule has 0 saturated heterocycles. The van der Waals surface area contributed by atoms with Gasteiger partial charge in [0.1, 0.15) is 0 Å². The van der Waals surface area contributed by atoms with Crippen LogP contribution in [0.15, 0.2) is 61.4 Å². The van der Waals surface area contributed by atoms with Crippen molar-refractivity contribution in [1.29, 1.82) is 0 Å². The van der Waals surface area contributed by atoms with Gasteiger partial charge in [0.25, 0.3) is 5.91 Å². The average molecular weight is 266 g/mol. The SMILES string of the molecule is O=C(NCc1ccccc1-n1ccnc1)c1cc[nH]c1. The van der Waals surface area contributed by atoms with E-state index >= 15 is 0 Å². The summed E-state index contributed by atoms with van der Waals surface area (Å²) in [6.07, 6.45) is 8.76. The molecule has 2 heterocycles. The zero-order valence-corrected chi connectivity index (χ0v) is 10.8. The van der Waals surface area contributed by atoms with Crippen LogP contribution in [0.2, 0.25) is 0 Å². The third-order valence-corrected chi connectivity index (χ3v) is 3.07. The number of carbonyl (C=O) groups excluding carboxylic acids is 1. The van der Waals surface area contributed by atoms with Crippen LogP contribution in [0.5, 0.6) is 0 Å². The van der Waals surface area contributed by atoms with Gasteiger partial charge in [-0.05, 0) is 17.7 Å². The fraction of sp³-hybridized carbons (Fsp3) is 0.0667. The number of para-hydroxylation sites is 1. The predicted octanol–water partition coefficient (Wildman–Crippen LogP) is 2.13. The molecule has 0 aliphatic carbocycles. The van der Waals surface area contributed by atoms with Crippen LogP contribution in [0.25, 0.3) is 5.69 Å². The topological polar surface area (TPSA) is 62.7 Å². The standard InChI is InChI=1S/C15H14N4O/c20-15(13-5-6-16-9-13)18-10-12-3-1-2-4-14(12)19-8-7-17-11-19/h1-9,11,16H,10H2,(H,18,20). The molecule has 0 radical (unpaired) electrons. The average Bonchev–Trinajstić information content (AvgIpc) is 3.17. The second-order valence-corrected chi connectivity index (χ2v) is 4.38. The third kappa shape index (κ3) is 2.47. The Morgan fingerprint density at radius 1 is 1.30 bits per heavy atom. The molecule has 0 fully saturated rings. The Morgan fingerprint density at radius 3 is 2.95 bits per heavy atom. The summed E-state index contributed by atoms with van der Waals surface area (Å²) in [6.45, 7) is 0.471. The summed E-state index contributed by atoms with van der Waals surface area (Å²) in [6, 6.07) is 9.66. The van der Waals surface area contributed by atoms with E-state index in [2.05, 4.69) is 15.3 Å². The van der Waals surface area contributed by atoms with Gasteiger partial charge in [-0.3, -0.25) is 4.79 Å². The van der Waals surface area contributed by atoms with E-state index in [0.29, 0.717) is 12.1 Å². The Morgan fingerprint density at radius 2 is 2.20 bits per heavy atom. The molecule has 20 heavy (non-hydrogen) atoms. The largest absolute Gasteiger partial charge is 0.367 e. The Balaban J connectivity index is 1.77. The van der Waals surface area contributed by atoms with Crippen molar-refractivity contribution < 1.29 is 4.79 Å². The Hall–Kier alpha value is -2.82. The number of H-pyrrole nitrogens is 1. The molecule has 0 unspecified atom stereocenters. The van der Waals surface area contributed by atoms with Crippen LogP contribution in [-0.4, -0.2) is 20.4 Å². The molecule has 0 aliphatic rings. The summed E-state index contributed by atoms with van der Waals surface area (Å²) in [5, 5.41) is 2.91. The summed E-state index contributed by atoms with van der Waals surface area (Å²) in [4.78, 5) is 18.8. The van der Waals surface area contributed by atoms with Crippen LogP contribution >= 0.6 is 0 Å².